The zero-order valence-corrected chi connectivity index (χ0v) is 28.8. The van der Waals surface area contributed by atoms with Crippen molar-refractivity contribution in [3.8, 4) is 11.5 Å². The molecular formula is C31H30N8O9S3. The topological polar surface area (TPSA) is 277 Å². The number of thiazole rings is 1. The molecule has 1 aliphatic carbocycles. The van der Waals surface area contributed by atoms with Gasteiger partial charge in [0, 0.05) is 28.0 Å². The van der Waals surface area contributed by atoms with E-state index in [-0.39, 0.29) is 27.8 Å². The third kappa shape index (κ3) is 7.42. The summed E-state index contributed by atoms with van der Waals surface area (Å²) < 4.78 is 0. The number of carboxylic acid groups (broad SMARTS) is 2. The summed E-state index contributed by atoms with van der Waals surface area (Å²) in [5.41, 5.74) is 13.4. The third-order valence-corrected chi connectivity index (χ3v) is 10.8. The Bertz CT molecular complexity index is 2020. The van der Waals surface area contributed by atoms with E-state index in [4.69, 9.17) is 16.3 Å². The maximum Gasteiger partial charge on any atom is 0.352 e. The summed E-state index contributed by atoms with van der Waals surface area (Å²) in [6.45, 7) is 0. The van der Waals surface area contributed by atoms with Crippen molar-refractivity contribution in [1.82, 2.24) is 25.2 Å². The van der Waals surface area contributed by atoms with Gasteiger partial charge >= 0.3 is 11.9 Å². The molecule has 2 aromatic heterocycles. The van der Waals surface area contributed by atoms with Crippen molar-refractivity contribution in [2.45, 2.75) is 48.4 Å². The standard InChI is InChI=1S/C31H30N8O9S3/c32-24-15-5-1-2-6-16(15)35-31(37-24)49-9-3-4-14-11-50-27-21(26(43)39(27)22(14)28(44)45)36-25(42)20(17-12-51-30(33)34-17)38-48-23(29(46)47)13-7-8-18(40)19(41)10-13/h3-4,7-8,10,12,21,23,27,40-41H,1-2,5-6,9,11H2,(H2,33,34)(H,36,42)(H,44,45)(H,46,47)(H2,32,35,37)/b4-3+,38-20-/t21-,23+,27-/m1/s1. The average molecular weight is 755 g/mol. The number of carbonyl (C=O) groups is 4. The highest BCUT2D eigenvalue weighted by Crippen LogP contribution is 2.41. The second-order valence-electron chi connectivity index (χ2n) is 11.4. The Morgan fingerprint density at radius 1 is 1.14 bits per heavy atom. The predicted octanol–water partition coefficient (Wildman–Crippen LogP) is 2.02. The number of carboxylic acids is 2. The number of nitrogens with one attached hydrogen (secondary N) is 1. The molecule has 51 heavy (non-hydrogen) atoms. The molecule has 6 rings (SSSR count). The van der Waals surface area contributed by atoms with Crippen LogP contribution in [0, 0.1) is 0 Å². The van der Waals surface area contributed by atoms with E-state index in [1.165, 1.54) is 35.0 Å². The second-order valence-corrected chi connectivity index (χ2v) is 14.3. The molecule has 20 heteroatoms. The summed E-state index contributed by atoms with van der Waals surface area (Å²) in [6, 6.07) is 2.04. The van der Waals surface area contributed by atoms with Gasteiger partial charge in [0.1, 0.15) is 28.6 Å². The van der Waals surface area contributed by atoms with Crippen molar-refractivity contribution in [3.05, 3.63) is 69.5 Å². The van der Waals surface area contributed by atoms with Crippen LogP contribution in [-0.2, 0) is 36.9 Å². The van der Waals surface area contributed by atoms with E-state index >= 15 is 0 Å². The van der Waals surface area contributed by atoms with Crippen LogP contribution in [0.4, 0.5) is 10.9 Å². The van der Waals surface area contributed by atoms with Crippen molar-refractivity contribution >= 4 is 75.3 Å². The zero-order valence-electron chi connectivity index (χ0n) is 26.4. The van der Waals surface area contributed by atoms with Crippen molar-refractivity contribution in [2.24, 2.45) is 5.16 Å². The number of aromatic nitrogens is 3. The van der Waals surface area contributed by atoms with Crippen LogP contribution in [0.3, 0.4) is 0 Å². The minimum absolute atomic E-state index is 0.0621. The van der Waals surface area contributed by atoms with Crippen molar-refractivity contribution in [3.63, 3.8) is 0 Å². The molecule has 0 saturated carbocycles. The van der Waals surface area contributed by atoms with Crippen LogP contribution in [0.2, 0.25) is 0 Å². The summed E-state index contributed by atoms with van der Waals surface area (Å²) in [6.07, 6.45) is 5.40. The Hall–Kier alpha value is -5.34. The predicted molar refractivity (Wildman–Crippen MR) is 187 cm³/mol. The van der Waals surface area contributed by atoms with Gasteiger partial charge in [0.25, 0.3) is 11.8 Å². The SMILES string of the molecule is Nc1nc(/C(=N/O[C@H](C(=O)O)c2ccc(O)c(O)c2)C(=O)N[C@@H]2C(=O)N3C(C(=O)O)=C(/C=C/CSc4nc(N)c5c(n4)CCCC5)CS[C@H]23)cs1. The number of phenolic OH excluding ortho intramolecular Hbond substituents is 2. The van der Waals surface area contributed by atoms with Crippen molar-refractivity contribution < 1.29 is 44.4 Å². The van der Waals surface area contributed by atoms with E-state index in [2.05, 4.69) is 25.4 Å². The van der Waals surface area contributed by atoms with Crippen molar-refractivity contribution in [2.75, 3.05) is 23.0 Å². The molecule has 0 radical (unpaired) electrons. The highest BCUT2D eigenvalue weighted by Gasteiger charge is 2.54. The molecular weight excluding hydrogens is 725 g/mol. The normalized spacial score (nSPS) is 19.3. The fourth-order valence-electron chi connectivity index (χ4n) is 5.62. The van der Waals surface area contributed by atoms with E-state index in [1.54, 1.807) is 12.2 Å². The first-order chi connectivity index (χ1) is 24.4. The van der Waals surface area contributed by atoms with Gasteiger partial charge in [-0.1, -0.05) is 35.1 Å². The highest BCUT2D eigenvalue weighted by molar-refractivity contribution is 8.00. The number of benzene rings is 1. The lowest BCUT2D eigenvalue weighted by Crippen LogP contribution is -2.71. The Kier molecular flexibility index (Phi) is 10.3. The number of thioether (sulfide) groups is 2. The maximum atomic E-state index is 13.5. The molecule has 4 heterocycles. The van der Waals surface area contributed by atoms with Gasteiger partial charge in [-0.2, -0.15) is 0 Å². The summed E-state index contributed by atoms with van der Waals surface area (Å²) in [4.78, 5) is 70.5. The molecule has 1 saturated heterocycles. The first-order valence-electron chi connectivity index (χ1n) is 15.3. The fraction of sp³-hybridized carbons (Fsp3) is 0.290. The lowest BCUT2D eigenvalue weighted by molar-refractivity contribution is -0.151. The molecule has 0 unspecified atom stereocenters. The maximum absolute atomic E-state index is 13.5. The van der Waals surface area contributed by atoms with Crippen LogP contribution in [0.5, 0.6) is 11.5 Å². The van der Waals surface area contributed by atoms with Gasteiger partial charge in [0.15, 0.2) is 27.5 Å². The van der Waals surface area contributed by atoms with Crippen LogP contribution in [0.15, 0.2) is 57.3 Å². The van der Waals surface area contributed by atoms with Gasteiger partial charge in [0.2, 0.25) is 6.10 Å². The lowest BCUT2D eigenvalue weighted by Gasteiger charge is -2.49. The molecule has 3 aliphatic rings. The Labute approximate surface area is 301 Å². The van der Waals surface area contributed by atoms with Crippen LogP contribution in [0.25, 0.3) is 0 Å². The van der Waals surface area contributed by atoms with Crippen LogP contribution in [0.1, 0.15) is 41.5 Å². The number of fused-ring (bicyclic) bond motifs is 2. The number of hydrogen-bond donors (Lipinski definition) is 7. The molecule has 1 aromatic carbocycles. The number of aliphatic carboxylic acids is 2. The Balaban J connectivity index is 1.15. The van der Waals surface area contributed by atoms with E-state index in [1.807, 2.05) is 0 Å². The average Bonchev–Trinajstić information content (AvgIpc) is 3.53. The number of anilines is 2. The highest BCUT2D eigenvalue weighted by atomic mass is 32.2. The first-order valence-corrected chi connectivity index (χ1v) is 18.2. The number of rotatable bonds is 12. The van der Waals surface area contributed by atoms with Gasteiger partial charge < -0.3 is 42.0 Å². The van der Waals surface area contributed by atoms with Gasteiger partial charge in [-0.05, 0) is 43.4 Å². The van der Waals surface area contributed by atoms with Gasteiger partial charge in [-0.15, -0.1) is 23.1 Å². The molecule has 266 valence electrons. The van der Waals surface area contributed by atoms with E-state index in [0.717, 1.165) is 65.3 Å². The number of phenols is 2. The molecule has 2 aliphatic heterocycles. The number of aromatic hydroxyl groups is 2. The zero-order chi connectivity index (χ0) is 36.4. The minimum Gasteiger partial charge on any atom is -0.504 e. The van der Waals surface area contributed by atoms with Gasteiger partial charge in [0.05, 0.1) is 5.69 Å². The number of nitrogens with zero attached hydrogens (tertiary/aromatic N) is 5. The number of nitrogen functional groups attached to an aromatic ring is 2. The summed E-state index contributed by atoms with van der Waals surface area (Å²) in [5, 5.41) is 46.7. The molecule has 0 spiro atoms. The molecule has 9 N–H and O–H groups in total. The number of oxime groups is 1. The Morgan fingerprint density at radius 2 is 1.92 bits per heavy atom. The Morgan fingerprint density at radius 3 is 2.63 bits per heavy atom. The smallest absolute Gasteiger partial charge is 0.352 e. The van der Waals surface area contributed by atoms with Gasteiger partial charge in [-0.3, -0.25) is 14.5 Å². The minimum atomic E-state index is -1.82. The largest absolute Gasteiger partial charge is 0.504 e. The third-order valence-electron chi connectivity index (χ3n) is 8.06. The van der Waals surface area contributed by atoms with Gasteiger partial charge in [-0.25, -0.2) is 24.5 Å². The van der Waals surface area contributed by atoms with E-state index in [9.17, 15) is 39.6 Å². The summed E-state index contributed by atoms with van der Waals surface area (Å²) >= 11 is 3.57. The molecule has 1 fully saturated rings. The number of carbonyl (C=O) groups excluding carboxylic acids is 2. The van der Waals surface area contributed by atoms with E-state index < -0.39 is 58.5 Å². The number of hydrogen-bond acceptors (Lipinski definition) is 16. The second kappa shape index (κ2) is 14.9. The molecule has 0 bridgehead atoms. The summed E-state index contributed by atoms with van der Waals surface area (Å²) in [5.74, 6) is -4.46. The number of amides is 2. The van der Waals surface area contributed by atoms with Crippen molar-refractivity contribution in [1.29, 1.82) is 0 Å². The quantitative estimate of drug-likeness (QED) is 0.0348. The number of β-lactam (4-membered cyclic amide) rings is 1. The number of allylic oxidation sites excluding steroid dienone is 1. The molecule has 3 atom stereocenters. The fourth-order valence-corrected chi connectivity index (χ4v) is 8.16. The molecule has 2 amide bonds. The number of nitrogens with two attached hydrogens (primary N) is 2. The van der Waals surface area contributed by atoms with Crippen LogP contribution in [-0.4, -0.2) is 92.7 Å². The van der Waals surface area contributed by atoms with Crippen LogP contribution < -0.4 is 16.8 Å². The monoisotopic (exact) mass is 754 g/mol. The molecule has 17 nitrogen and oxygen atoms in total. The summed E-state index contributed by atoms with van der Waals surface area (Å²) in [7, 11) is 0. The first kappa shape index (κ1) is 35.5. The van der Waals surface area contributed by atoms with Crippen LogP contribution >= 0.6 is 34.9 Å². The molecule has 3 aromatic rings. The number of aryl methyl sites for hydroxylation is 1. The van der Waals surface area contributed by atoms with E-state index in [0.29, 0.717) is 22.3 Å². The lowest BCUT2D eigenvalue weighted by atomic mass is 9.97.